The first-order valence-electron chi connectivity index (χ1n) is 7.46. The number of esters is 1. The van der Waals surface area contributed by atoms with E-state index < -0.39 is 5.97 Å². The van der Waals surface area contributed by atoms with Crippen LogP contribution in [0.3, 0.4) is 0 Å². The minimum Gasteiger partial charge on any atom is -0.489 e. The molecule has 3 rings (SSSR count). The zero-order valence-corrected chi connectivity index (χ0v) is 14.4. The summed E-state index contributed by atoms with van der Waals surface area (Å²) >= 11 is 3.34. The van der Waals surface area contributed by atoms with Crippen LogP contribution in [-0.4, -0.2) is 5.97 Å². The Bertz CT molecular complexity index is 814. The smallest absolute Gasteiger partial charge is 0.344 e. The number of carbonyl (C=O) groups is 1. The average molecular weight is 383 g/mol. The zero-order chi connectivity index (χ0) is 16.8. The molecule has 24 heavy (non-hydrogen) atoms. The predicted octanol–water partition coefficient (Wildman–Crippen LogP) is 5.25. The molecule has 0 atom stereocenters. The highest BCUT2D eigenvalue weighted by atomic mass is 79.9. The van der Waals surface area contributed by atoms with E-state index in [0.717, 1.165) is 11.3 Å². The fourth-order valence-corrected chi connectivity index (χ4v) is 2.58. The van der Waals surface area contributed by atoms with Crippen LogP contribution >= 0.6 is 15.9 Å². The van der Waals surface area contributed by atoms with E-state index in [1.54, 1.807) is 42.5 Å². The third-order valence-corrected chi connectivity index (χ3v) is 4.07. The third kappa shape index (κ3) is 4.24. The number of ether oxygens (including phenoxy) is 2. The van der Waals surface area contributed by atoms with Crippen molar-refractivity contribution in [1.29, 1.82) is 0 Å². The molecule has 0 saturated heterocycles. The van der Waals surface area contributed by atoms with E-state index >= 15 is 0 Å². The van der Waals surface area contributed by atoms with Crippen LogP contribution in [0.15, 0.2) is 83.3 Å². The van der Waals surface area contributed by atoms with Crippen molar-refractivity contribution < 1.29 is 14.3 Å². The quantitative estimate of drug-likeness (QED) is 0.446. The Morgan fingerprint density at radius 2 is 1.42 bits per heavy atom. The molecular weight excluding hydrogens is 368 g/mol. The van der Waals surface area contributed by atoms with Crippen LogP contribution in [0.5, 0.6) is 11.5 Å². The van der Waals surface area contributed by atoms with Gasteiger partial charge in [0, 0.05) is 4.47 Å². The van der Waals surface area contributed by atoms with Gasteiger partial charge in [-0.2, -0.15) is 0 Å². The molecule has 4 heteroatoms. The van der Waals surface area contributed by atoms with E-state index in [1.165, 1.54) is 0 Å². The molecule has 0 spiro atoms. The summed E-state index contributed by atoms with van der Waals surface area (Å²) in [7, 11) is 0. The number of halogens is 1. The lowest BCUT2D eigenvalue weighted by molar-refractivity contribution is 0.0733. The third-order valence-electron chi connectivity index (χ3n) is 3.38. The maximum atomic E-state index is 12.1. The van der Waals surface area contributed by atoms with Crippen LogP contribution in [0.4, 0.5) is 0 Å². The number of hydrogen-bond acceptors (Lipinski definition) is 3. The molecule has 120 valence electrons. The molecule has 3 aromatic carbocycles. The first kappa shape index (κ1) is 16.3. The second kappa shape index (κ2) is 7.79. The fraction of sp³-hybridized carbons (Fsp3) is 0.0500. The molecule has 0 aliphatic heterocycles. The number of carbonyl (C=O) groups excluding carboxylic acids is 1. The highest BCUT2D eigenvalue weighted by Gasteiger charge is 2.11. The van der Waals surface area contributed by atoms with E-state index in [0.29, 0.717) is 22.4 Å². The van der Waals surface area contributed by atoms with Crippen molar-refractivity contribution >= 4 is 21.9 Å². The Labute approximate surface area is 149 Å². The lowest BCUT2D eigenvalue weighted by Gasteiger charge is -2.08. The summed E-state index contributed by atoms with van der Waals surface area (Å²) in [5.41, 5.74) is 1.59. The van der Waals surface area contributed by atoms with Gasteiger partial charge in [0.1, 0.15) is 18.1 Å². The van der Waals surface area contributed by atoms with E-state index in [1.807, 2.05) is 36.4 Å². The van der Waals surface area contributed by atoms with Crippen molar-refractivity contribution in [3.63, 3.8) is 0 Å². The first-order chi connectivity index (χ1) is 11.7. The molecule has 0 unspecified atom stereocenters. The van der Waals surface area contributed by atoms with E-state index in [2.05, 4.69) is 15.9 Å². The monoisotopic (exact) mass is 382 g/mol. The summed E-state index contributed by atoms with van der Waals surface area (Å²) in [6, 6.07) is 24.1. The summed E-state index contributed by atoms with van der Waals surface area (Å²) in [6.45, 7) is 0.497. The number of hydrogen-bond donors (Lipinski definition) is 0. The summed E-state index contributed by atoms with van der Waals surface area (Å²) in [5.74, 6) is 0.794. The van der Waals surface area contributed by atoms with Gasteiger partial charge in [0.05, 0.1) is 5.56 Å². The van der Waals surface area contributed by atoms with E-state index in [-0.39, 0.29) is 0 Å². The topological polar surface area (TPSA) is 35.5 Å². The Morgan fingerprint density at radius 3 is 2.12 bits per heavy atom. The van der Waals surface area contributed by atoms with Crippen LogP contribution in [0.2, 0.25) is 0 Å². The molecule has 3 aromatic rings. The van der Waals surface area contributed by atoms with Gasteiger partial charge >= 0.3 is 5.97 Å². The Hall–Kier alpha value is -2.59. The SMILES string of the molecule is O=C(Oc1ccc(OCc2ccccc2)cc1)c1ccccc1Br. The molecule has 0 N–H and O–H groups in total. The Balaban J connectivity index is 1.60. The van der Waals surface area contributed by atoms with Gasteiger partial charge in [-0.1, -0.05) is 42.5 Å². The van der Waals surface area contributed by atoms with Crippen molar-refractivity contribution in [1.82, 2.24) is 0 Å². The average Bonchev–Trinajstić information content (AvgIpc) is 2.62. The summed E-state index contributed by atoms with van der Waals surface area (Å²) < 4.78 is 11.8. The second-order valence-corrected chi connectivity index (χ2v) is 5.97. The standard InChI is InChI=1S/C20H15BrO3/c21-19-9-5-4-8-18(19)20(22)24-17-12-10-16(11-13-17)23-14-15-6-2-1-3-7-15/h1-13H,14H2. The van der Waals surface area contributed by atoms with Crippen molar-refractivity contribution in [2.75, 3.05) is 0 Å². The highest BCUT2D eigenvalue weighted by Crippen LogP contribution is 2.22. The van der Waals surface area contributed by atoms with E-state index in [9.17, 15) is 4.79 Å². The van der Waals surface area contributed by atoms with Crippen LogP contribution < -0.4 is 9.47 Å². The molecule has 0 amide bonds. The van der Waals surface area contributed by atoms with Gasteiger partial charge in [0.25, 0.3) is 0 Å². The van der Waals surface area contributed by atoms with Gasteiger partial charge in [0.2, 0.25) is 0 Å². The van der Waals surface area contributed by atoms with Crippen LogP contribution in [0.1, 0.15) is 15.9 Å². The minimum atomic E-state index is -0.402. The Morgan fingerprint density at radius 1 is 0.792 bits per heavy atom. The van der Waals surface area contributed by atoms with Crippen molar-refractivity contribution in [3.05, 3.63) is 94.5 Å². The van der Waals surface area contributed by atoms with Gasteiger partial charge in [0.15, 0.2) is 0 Å². The molecule has 0 radical (unpaired) electrons. The zero-order valence-electron chi connectivity index (χ0n) is 12.8. The maximum Gasteiger partial charge on any atom is 0.344 e. The molecule has 0 fully saturated rings. The van der Waals surface area contributed by atoms with Crippen molar-refractivity contribution in [3.8, 4) is 11.5 Å². The molecule has 3 nitrogen and oxygen atoms in total. The number of rotatable bonds is 5. The Kier molecular flexibility index (Phi) is 5.29. The van der Waals surface area contributed by atoms with Gasteiger partial charge in [-0.25, -0.2) is 4.79 Å². The van der Waals surface area contributed by atoms with Crippen LogP contribution in [0.25, 0.3) is 0 Å². The summed E-state index contributed by atoms with van der Waals surface area (Å²) in [5, 5.41) is 0. The fourth-order valence-electron chi connectivity index (χ4n) is 2.13. The van der Waals surface area contributed by atoms with Gasteiger partial charge in [-0.3, -0.25) is 0 Å². The number of benzene rings is 3. The van der Waals surface area contributed by atoms with Crippen molar-refractivity contribution in [2.24, 2.45) is 0 Å². The van der Waals surface area contributed by atoms with Gasteiger partial charge in [-0.05, 0) is 57.9 Å². The minimum absolute atomic E-state index is 0.402. The molecule has 0 aliphatic carbocycles. The van der Waals surface area contributed by atoms with Gasteiger partial charge < -0.3 is 9.47 Å². The largest absolute Gasteiger partial charge is 0.489 e. The molecule has 0 heterocycles. The predicted molar refractivity (Wildman–Crippen MR) is 96.3 cm³/mol. The van der Waals surface area contributed by atoms with Crippen LogP contribution in [-0.2, 0) is 6.61 Å². The lowest BCUT2D eigenvalue weighted by Crippen LogP contribution is -2.09. The van der Waals surface area contributed by atoms with Gasteiger partial charge in [-0.15, -0.1) is 0 Å². The molecule has 0 aromatic heterocycles. The lowest BCUT2D eigenvalue weighted by atomic mass is 10.2. The molecule has 0 aliphatic rings. The van der Waals surface area contributed by atoms with E-state index in [4.69, 9.17) is 9.47 Å². The summed E-state index contributed by atoms with van der Waals surface area (Å²) in [6.07, 6.45) is 0. The first-order valence-corrected chi connectivity index (χ1v) is 8.25. The summed E-state index contributed by atoms with van der Waals surface area (Å²) in [4.78, 5) is 12.1. The molecular formula is C20H15BrO3. The normalized spacial score (nSPS) is 10.2. The molecule has 0 bridgehead atoms. The van der Waals surface area contributed by atoms with Crippen molar-refractivity contribution in [2.45, 2.75) is 6.61 Å². The maximum absolute atomic E-state index is 12.1. The second-order valence-electron chi connectivity index (χ2n) is 5.12. The molecule has 0 saturated carbocycles. The van der Waals surface area contributed by atoms with Crippen LogP contribution in [0, 0.1) is 0 Å². The highest BCUT2D eigenvalue weighted by molar-refractivity contribution is 9.10.